The molecule has 0 unspecified atom stereocenters. The summed E-state index contributed by atoms with van der Waals surface area (Å²) >= 11 is 1.83. The van der Waals surface area contributed by atoms with Gasteiger partial charge in [0.25, 0.3) is 0 Å². The summed E-state index contributed by atoms with van der Waals surface area (Å²) in [5.41, 5.74) is 7.56. The standard InChI is InChI=1S/C33H24NS.C15H18NSi.Ir/c1-19(2)21-14-15-34-30(18-21)29-17-22-6-4-5-7-25(22)31-28-13-12-26-24-10-8-20(3)16-23(24)9-11-27(26)32(28)35-33(29)31;1-12-10-14(13-8-6-5-7-9-13)16-11-15(12)17(2,3)4;/h4-16,18-19H,1-3H3;5-8,10-11H,1-4H3;/q2*-1;/i19D;;. The van der Waals surface area contributed by atoms with E-state index in [0.717, 1.165) is 33.5 Å². The first kappa shape index (κ1) is 35.5. The minimum Gasteiger partial charge on any atom is -0.305 e. The number of thiophene rings is 1. The Hall–Kier alpha value is -4.51. The van der Waals surface area contributed by atoms with Gasteiger partial charge in [0.1, 0.15) is 0 Å². The molecule has 3 heterocycles. The van der Waals surface area contributed by atoms with Gasteiger partial charge in [0.15, 0.2) is 0 Å². The van der Waals surface area contributed by atoms with Crippen molar-refractivity contribution in [3.8, 4) is 22.5 Å². The molecule has 265 valence electrons. The second kappa shape index (κ2) is 14.7. The van der Waals surface area contributed by atoms with E-state index in [1.54, 1.807) is 0 Å². The molecule has 1 radical (unpaired) electrons. The molecule has 53 heavy (non-hydrogen) atoms. The maximum absolute atomic E-state index is 8.55. The topological polar surface area (TPSA) is 25.8 Å². The first-order valence-electron chi connectivity index (χ1n) is 18.4. The van der Waals surface area contributed by atoms with Crippen LogP contribution in [-0.2, 0) is 20.1 Å². The average Bonchev–Trinajstić information content (AvgIpc) is 3.54. The molecule has 9 aromatic rings. The van der Waals surface area contributed by atoms with E-state index in [0.29, 0.717) is 0 Å². The van der Waals surface area contributed by atoms with Crippen molar-refractivity contribution in [1.82, 2.24) is 9.97 Å². The summed E-state index contributed by atoms with van der Waals surface area (Å²) in [6.45, 7) is 15.2. The summed E-state index contributed by atoms with van der Waals surface area (Å²) in [6, 6.07) is 45.4. The Morgan fingerprint density at radius 3 is 2.23 bits per heavy atom. The smallest absolute Gasteiger partial charge is 0.0798 e. The monoisotopic (exact) mass is 900 g/mol. The van der Waals surface area contributed by atoms with E-state index < -0.39 is 14.0 Å². The Morgan fingerprint density at radius 1 is 0.717 bits per heavy atom. The van der Waals surface area contributed by atoms with Crippen molar-refractivity contribution >= 4 is 77.1 Å². The quantitative estimate of drug-likeness (QED) is 0.0999. The molecule has 0 saturated heterocycles. The van der Waals surface area contributed by atoms with Crippen LogP contribution in [0.3, 0.4) is 0 Å². The van der Waals surface area contributed by atoms with Crippen molar-refractivity contribution < 1.29 is 21.5 Å². The third kappa shape index (κ3) is 7.00. The molecule has 0 bridgehead atoms. The maximum atomic E-state index is 8.55. The second-order valence-corrected chi connectivity index (χ2v) is 21.1. The summed E-state index contributed by atoms with van der Waals surface area (Å²) in [6.07, 6.45) is 3.88. The summed E-state index contributed by atoms with van der Waals surface area (Å²) in [7, 11) is -1.27. The summed E-state index contributed by atoms with van der Waals surface area (Å²) in [5, 5.41) is 11.4. The van der Waals surface area contributed by atoms with Gasteiger partial charge in [-0.1, -0.05) is 134 Å². The Balaban J connectivity index is 0.000000211. The Bertz CT molecular complexity index is 2830. The Kier molecular flexibility index (Phi) is 9.86. The van der Waals surface area contributed by atoms with E-state index in [1.807, 2.05) is 55.6 Å². The number of hydrogen-bond donors (Lipinski definition) is 0. The van der Waals surface area contributed by atoms with Gasteiger partial charge in [-0.25, -0.2) is 0 Å². The van der Waals surface area contributed by atoms with Crippen LogP contribution < -0.4 is 5.19 Å². The molecule has 0 aliphatic carbocycles. The molecule has 3 aromatic heterocycles. The van der Waals surface area contributed by atoms with Gasteiger partial charge in [-0.15, -0.1) is 53.4 Å². The number of pyridine rings is 2. The third-order valence-corrected chi connectivity index (χ3v) is 13.4. The number of nitrogens with zero attached hydrogens (tertiary/aromatic N) is 2. The fraction of sp³-hybridized carbons (Fsp3) is 0.167. The largest absolute Gasteiger partial charge is 0.305 e. The molecule has 0 fully saturated rings. The van der Waals surface area contributed by atoms with Crippen molar-refractivity contribution in [1.29, 1.82) is 0 Å². The van der Waals surface area contributed by atoms with E-state index in [4.69, 9.17) is 6.35 Å². The number of hydrogen-bond acceptors (Lipinski definition) is 3. The van der Waals surface area contributed by atoms with Crippen LogP contribution in [0, 0.1) is 26.0 Å². The van der Waals surface area contributed by atoms with Crippen LogP contribution >= 0.6 is 11.3 Å². The van der Waals surface area contributed by atoms with Gasteiger partial charge in [0, 0.05) is 44.3 Å². The Morgan fingerprint density at radius 2 is 1.47 bits per heavy atom. The van der Waals surface area contributed by atoms with Crippen LogP contribution in [0.25, 0.3) is 75.0 Å². The molecule has 9 rings (SSSR count). The fourth-order valence-electron chi connectivity index (χ4n) is 7.37. The molecule has 0 atom stereocenters. The summed E-state index contributed by atoms with van der Waals surface area (Å²) in [4.78, 5) is 9.33. The van der Waals surface area contributed by atoms with Crippen LogP contribution in [0.15, 0.2) is 122 Å². The molecular formula is C48H42IrN2SSi-2. The summed E-state index contributed by atoms with van der Waals surface area (Å²) in [5.74, 6) is -0.691. The molecule has 6 aromatic carbocycles. The number of rotatable bonds is 4. The zero-order chi connectivity index (χ0) is 37.1. The van der Waals surface area contributed by atoms with Gasteiger partial charge in [0.05, 0.1) is 8.07 Å². The van der Waals surface area contributed by atoms with Gasteiger partial charge in [-0.2, -0.15) is 11.3 Å². The van der Waals surface area contributed by atoms with Crippen molar-refractivity contribution in [2.75, 3.05) is 0 Å². The van der Waals surface area contributed by atoms with Crippen molar-refractivity contribution in [2.45, 2.75) is 53.2 Å². The van der Waals surface area contributed by atoms with E-state index in [1.165, 1.54) is 63.4 Å². The second-order valence-electron chi connectivity index (χ2n) is 15.0. The Labute approximate surface area is 332 Å². The predicted octanol–water partition coefficient (Wildman–Crippen LogP) is 13.2. The number of aromatic nitrogens is 2. The summed E-state index contributed by atoms with van der Waals surface area (Å²) < 4.78 is 11.0. The average molecular weight is 900 g/mol. The van der Waals surface area contributed by atoms with Gasteiger partial charge in [-0.3, -0.25) is 4.98 Å². The number of fused-ring (bicyclic) bond motifs is 9. The predicted molar refractivity (Wildman–Crippen MR) is 229 cm³/mol. The molecule has 0 spiro atoms. The van der Waals surface area contributed by atoms with Gasteiger partial charge >= 0.3 is 0 Å². The van der Waals surface area contributed by atoms with E-state index in [2.05, 4.69) is 142 Å². The maximum Gasteiger partial charge on any atom is 0.0798 e. The SMILES string of the molecule is Cc1cc(-c2[c-]cccc2)ncc1[Si](C)(C)C.[2H]C(C)(C)c1ccnc(-c2[c-]c3ccccc3c3c2sc2c4ccc5cc(C)ccc5c4ccc23)c1.[Ir]. The fourth-order valence-corrected chi connectivity index (χ4v) is 10.4. The zero-order valence-electron chi connectivity index (χ0n) is 32.2. The van der Waals surface area contributed by atoms with Crippen LogP contribution in [0.4, 0.5) is 0 Å². The number of aryl methyl sites for hydroxylation is 2. The first-order valence-corrected chi connectivity index (χ1v) is 22.2. The van der Waals surface area contributed by atoms with Crippen molar-refractivity contribution in [2.24, 2.45) is 0 Å². The minimum atomic E-state index is -1.27. The van der Waals surface area contributed by atoms with E-state index in [9.17, 15) is 0 Å². The van der Waals surface area contributed by atoms with Crippen molar-refractivity contribution in [3.63, 3.8) is 0 Å². The third-order valence-electron chi connectivity index (χ3n) is 10.0. The molecular weight excluding hydrogens is 857 g/mol. The first-order chi connectivity index (χ1) is 25.4. The number of benzene rings is 6. The van der Waals surface area contributed by atoms with Crippen molar-refractivity contribution in [3.05, 3.63) is 150 Å². The minimum absolute atomic E-state index is 0. The molecule has 0 aliphatic rings. The van der Waals surface area contributed by atoms with E-state index >= 15 is 0 Å². The van der Waals surface area contributed by atoms with Crippen LogP contribution in [0.1, 0.15) is 37.8 Å². The van der Waals surface area contributed by atoms with Crippen LogP contribution in [-0.4, -0.2) is 18.0 Å². The normalized spacial score (nSPS) is 12.2. The molecule has 0 aliphatic heterocycles. The van der Waals surface area contributed by atoms with E-state index in [-0.39, 0.29) is 20.1 Å². The molecule has 0 saturated carbocycles. The van der Waals surface area contributed by atoms with Crippen LogP contribution in [0.2, 0.25) is 19.6 Å². The molecule has 0 amide bonds. The van der Waals surface area contributed by atoms with Gasteiger partial charge in [-0.05, 0) is 73.9 Å². The zero-order valence-corrected chi connectivity index (χ0v) is 35.4. The molecule has 0 N–H and O–H groups in total. The van der Waals surface area contributed by atoms with Crippen LogP contribution in [0.5, 0.6) is 0 Å². The molecule has 2 nitrogen and oxygen atoms in total. The molecule has 5 heteroatoms. The van der Waals surface area contributed by atoms with Gasteiger partial charge < -0.3 is 4.98 Å². The van der Waals surface area contributed by atoms with Gasteiger partial charge in [0.2, 0.25) is 0 Å².